The van der Waals surface area contributed by atoms with Crippen molar-refractivity contribution in [2.75, 3.05) is 20.3 Å². The van der Waals surface area contributed by atoms with E-state index in [2.05, 4.69) is 0 Å². The molecule has 0 aromatic carbocycles. The molecule has 0 spiro atoms. The zero-order valence-corrected chi connectivity index (χ0v) is 13.4. The van der Waals surface area contributed by atoms with Gasteiger partial charge in [-0.3, -0.25) is 0 Å². The summed E-state index contributed by atoms with van der Waals surface area (Å²) in [5.74, 6) is 0. The Morgan fingerprint density at radius 2 is 1.71 bits per heavy atom. The van der Waals surface area contributed by atoms with Gasteiger partial charge in [0.25, 0.3) is 0 Å². The van der Waals surface area contributed by atoms with Gasteiger partial charge in [0.15, 0.2) is 6.29 Å². The van der Waals surface area contributed by atoms with Crippen molar-refractivity contribution in [2.45, 2.75) is 62.4 Å². The molecule has 0 aromatic rings. The van der Waals surface area contributed by atoms with Crippen LogP contribution < -0.4 is 0 Å². The first kappa shape index (κ1) is 21.6. The third-order valence-corrected chi connectivity index (χ3v) is 3.76. The van der Waals surface area contributed by atoms with Crippen LogP contribution in [0.4, 0.5) is 0 Å². The van der Waals surface area contributed by atoms with Crippen molar-refractivity contribution in [3.63, 3.8) is 0 Å². The van der Waals surface area contributed by atoms with E-state index in [1.165, 1.54) is 7.11 Å². The van der Waals surface area contributed by atoms with Gasteiger partial charge in [-0.25, -0.2) is 0 Å². The molecule has 144 valence electrons. The van der Waals surface area contributed by atoms with Crippen molar-refractivity contribution in [1.29, 1.82) is 0 Å². The quantitative estimate of drug-likeness (QED) is 0.199. The second kappa shape index (κ2) is 9.89. The fourth-order valence-corrected chi connectivity index (χ4v) is 2.19. The van der Waals surface area contributed by atoms with Gasteiger partial charge in [-0.05, 0) is 6.92 Å². The molecule has 1 aliphatic heterocycles. The molecule has 7 N–H and O–H groups in total. The van der Waals surface area contributed by atoms with Crippen LogP contribution >= 0.6 is 0 Å². The molecule has 1 rings (SSSR count). The van der Waals surface area contributed by atoms with Crippen LogP contribution in [-0.2, 0) is 18.9 Å². The highest BCUT2D eigenvalue weighted by Crippen LogP contribution is 2.25. The van der Waals surface area contributed by atoms with Crippen LogP contribution in [0.15, 0.2) is 0 Å². The van der Waals surface area contributed by atoms with Crippen molar-refractivity contribution in [1.82, 2.24) is 0 Å². The van der Waals surface area contributed by atoms with E-state index in [0.29, 0.717) is 0 Å². The number of aliphatic hydroxyl groups is 7. The van der Waals surface area contributed by atoms with Crippen LogP contribution in [0.2, 0.25) is 0 Å². The summed E-state index contributed by atoms with van der Waals surface area (Å²) in [4.78, 5) is 0. The number of hydrogen-bond donors (Lipinski definition) is 7. The van der Waals surface area contributed by atoms with E-state index < -0.39 is 68.7 Å². The van der Waals surface area contributed by atoms with Crippen LogP contribution in [0, 0.1) is 0 Å². The zero-order valence-electron chi connectivity index (χ0n) is 13.4. The van der Waals surface area contributed by atoms with Crippen molar-refractivity contribution >= 4 is 0 Å². The van der Waals surface area contributed by atoms with E-state index in [1.54, 1.807) is 6.92 Å². The lowest BCUT2D eigenvalue weighted by atomic mass is 9.99. The zero-order chi connectivity index (χ0) is 18.4. The van der Waals surface area contributed by atoms with E-state index in [9.17, 15) is 35.7 Å². The van der Waals surface area contributed by atoms with E-state index in [-0.39, 0.29) is 0 Å². The van der Waals surface area contributed by atoms with Gasteiger partial charge in [-0.15, -0.1) is 0 Å². The Morgan fingerprint density at radius 3 is 2.17 bits per heavy atom. The van der Waals surface area contributed by atoms with Crippen molar-refractivity contribution in [3.8, 4) is 0 Å². The number of ether oxygens (including phenoxy) is 4. The van der Waals surface area contributed by atoms with Gasteiger partial charge in [0.05, 0.1) is 19.3 Å². The maximum Gasteiger partial charge on any atom is 0.209 e. The van der Waals surface area contributed by atoms with Crippen molar-refractivity contribution < 1.29 is 54.7 Å². The first-order valence-electron chi connectivity index (χ1n) is 7.38. The first-order chi connectivity index (χ1) is 11.3. The number of hydrogen-bond acceptors (Lipinski definition) is 11. The van der Waals surface area contributed by atoms with Gasteiger partial charge in [0, 0.05) is 7.11 Å². The van der Waals surface area contributed by atoms with E-state index in [4.69, 9.17) is 18.9 Å². The first-order valence-corrected chi connectivity index (χ1v) is 7.38. The Kier molecular flexibility index (Phi) is 8.90. The summed E-state index contributed by atoms with van der Waals surface area (Å²) < 4.78 is 20.3. The van der Waals surface area contributed by atoms with Gasteiger partial charge < -0.3 is 54.7 Å². The van der Waals surface area contributed by atoms with E-state index >= 15 is 0 Å². The highest BCUT2D eigenvalue weighted by atomic mass is 16.7. The predicted octanol–water partition coefficient (Wildman–Crippen LogP) is -4.15. The summed E-state index contributed by atoms with van der Waals surface area (Å²) in [5.41, 5.74) is 0. The molecule has 8 atom stereocenters. The molecule has 1 fully saturated rings. The molecule has 1 saturated heterocycles. The number of methoxy groups -OCH3 is 1. The lowest BCUT2D eigenvalue weighted by Crippen LogP contribution is -2.61. The molecule has 0 aliphatic carbocycles. The molecule has 0 saturated carbocycles. The molecular formula is C13H26O11. The fraction of sp³-hybridized carbons (Fsp3) is 1.00. The fourth-order valence-electron chi connectivity index (χ4n) is 2.19. The predicted molar refractivity (Wildman–Crippen MR) is 75.3 cm³/mol. The van der Waals surface area contributed by atoms with Crippen LogP contribution in [0.1, 0.15) is 6.92 Å². The smallest absolute Gasteiger partial charge is 0.209 e. The minimum atomic E-state index is -2.17. The van der Waals surface area contributed by atoms with Crippen LogP contribution in [0.25, 0.3) is 0 Å². The summed E-state index contributed by atoms with van der Waals surface area (Å²) >= 11 is 0. The molecule has 1 heterocycles. The summed E-state index contributed by atoms with van der Waals surface area (Å²) in [6.07, 6.45) is -13.4. The Morgan fingerprint density at radius 1 is 1.08 bits per heavy atom. The monoisotopic (exact) mass is 358 g/mol. The van der Waals surface area contributed by atoms with E-state index in [0.717, 1.165) is 0 Å². The van der Waals surface area contributed by atoms with Gasteiger partial charge in [-0.1, -0.05) is 0 Å². The molecular weight excluding hydrogens is 332 g/mol. The molecule has 1 aliphatic rings. The minimum absolute atomic E-state index is 0.518. The molecule has 11 nitrogen and oxygen atoms in total. The number of aliphatic hydroxyl groups excluding tert-OH is 6. The highest BCUT2D eigenvalue weighted by Gasteiger charge is 2.46. The van der Waals surface area contributed by atoms with Gasteiger partial charge in [-0.2, -0.15) is 0 Å². The van der Waals surface area contributed by atoms with Gasteiger partial charge in [0.2, 0.25) is 12.6 Å². The normalized spacial score (nSPS) is 35.0. The lowest BCUT2D eigenvalue weighted by Gasteiger charge is -2.41. The second-order valence-electron chi connectivity index (χ2n) is 5.41. The van der Waals surface area contributed by atoms with Gasteiger partial charge in [0.1, 0.15) is 30.5 Å². The summed E-state index contributed by atoms with van der Waals surface area (Å²) in [7, 11) is 1.36. The van der Waals surface area contributed by atoms with Crippen LogP contribution in [0.3, 0.4) is 0 Å². The van der Waals surface area contributed by atoms with Crippen molar-refractivity contribution in [3.05, 3.63) is 0 Å². The molecule has 8 unspecified atom stereocenters. The maximum absolute atomic E-state index is 9.97. The van der Waals surface area contributed by atoms with Crippen molar-refractivity contribution in [2.24, 2.45) is 0 Å². The van der Waals surface area contributed by atoms with Crippen LogP contribution in [0.5, 0.6) is 0 Å². The topological polar surface area (TPSA) is 179 Å². The Balaban J connectivity index is 2.85. The molecule has 0 aromatic heterocycles. The second-order valence-corrected chi connectivity index (χ2v) is 5.41. The third-order valence-electron chi connectivity index (χ3n) is 3.76. The Hall–Kier alpha value is -0.440. The third kappa shape index (κ3) is 5.28. The Labute approximate surface area is 138 Å². The summed E-state index contributed by atoms with van der Waals surface area (Å²) in [6.45, 7) is 0.366. The van der Waals surface area contributed by atoms with Crippen LogP contribution in [-0.4, -0.2) is 112 Å². The highest BCUT2D eigenvalue weighted by molar-refractivity contribution is 4.90. The summed E-state index contributed by atoms with van der Waals surface area (Å²) in [6, 6.07) is 0. The molecule has 0 amide bonds. The minimum Gasteiger partial charge on any atom is -0.394 e. The number of rotatable bonds is 9. The molecule has 11 heteroatoms. The average molecular weight is 358 g/mol. The maximum atomic E-state index is 9.97. The average Bonchev–Trinajstić information content (AvgIpc) is 2.56. The van der Waals surface area contributed by atoms with E-state index in [1.807, 2.05) is 0 Å². The molecule has 24 heavy (non-hydrogen) atoms. The van der Waals surface area contributed by atoms with Gasteiger partial charge >= 0.3 is 0 Å². The summed E-state index contributed by atoms with van der Waals surface area (Å²) in [5, 5.41) is 66.3. The molecule has 0 radical (unpaired) electrons. The lowest BCUT2D eigenvalue weighted by molar-refractivity contribution is -0.349. The standard InChI is InChI=1S/C13H26O11/c1-5(21-2)6(3-14)23-13(11(18)19)24-10-7(4-15)22-12(20)9(17)8(10)16/h5-20H,3-4H2,1-2H3. The SMILES string of the molecule is COC(C)C(CO)OC(OC1C(CO)OC(O)C(O)C1O)C(O)O. The Bertz CT molecular complexity index is 353. The largest absolute Gasteiger partial charge is 0.394 e. The molecule has 0 bridgehead atoms.